The van der Waals surface area contributed by atoms with Crippen molar-refractivity contribution in [3.63, 3.8) is 0 Å². The Morgan fingerprint density at radius 1 is 1.42 bits per heavy atom. The van der Waals surface area contributed by atoms with Crippen molar-refractivity contribution in [3.05, 3.63) is 51.5 Å². The normalized spacial score (nSPS) is 10.5. The third kappa shape index (κ3) is 2.73. The number of aromatic nitrogens is 3. The summed E-state index contributed by atoms with van der Waals surface area (Å²) in [5.74, 6) is 0.368. The zero-order valence-corrected chi connectivity index (χ0v) is 11.2. The number of hydrogen-bond acceptors (Lipinski definition) is 3. The molecule has 0 spiro atoms. The predicted molar refractivity (Wildman–Crippen MR) is 70.9 cm³/mol. The Balaban J connectivity index is 2.27. The fraction of sp³-hybridized carbons (Fsp3) is 0.308. The van der Waals surface area contributed by atoms with E-state index in [2.05, 4.69) is 15.0 Å². The van der Waals surface area contributed by atoms with E-state index in [-0.39, 0.29) is 17.0 Å². The highest BCUT2D eigenvalue weighted by atomic mass is 16.2. The van der Waals surface area contributed by atoms with Crippen LogP contribution in [0.3, 0.4) is 0 Å². The molecule has 100 valence electrons. The van der Waals surface area contributed by atoms with Gasteiger partial charge in [-0.15, -0.1) is 0 Å². The average molecular weight is 260 g/mol. The molecule has 0 aliphatic heterocycles. The second-order valence-electron chi connectivity index (χ2n) is 4.54. The molecule has 6 heteroatoms. The molecule has 2 heterocycles. The van der Waals surface area contributed by atoms with Crippen molar-refractivity contribution in [1.29, 1.82) is 0 Å². The first-order valence-electron chi connectivity index (χ1n) is 5.93. The molecule has 0 saturated heterocycles. The molecule has 0 atom stereocenters. The van der Waals surface area contributed by atoms with Crippen molar-refractivity contribution in [2.75, 3.05) is 7.05 Å². The molecule has 0 aliphatic carbocycles. The maximum atomic E-state index is 12.3. The van der Waals surface area contributed by atoms with Gasteiger partial charge in [-0.3, -0.25) is 9.59 Å². The summed E-state index contributed by atoms with van der Waals surface area (Å²) in [5, 5.41) is 0. The van der Waals surface area contributed by atoms with Crippen molar-refractivity contribution < 1.29 is 4.79 Å². The molecule has 0 radical (unpaired) electrons. The minimum atomic E-state index is -0.353. The SMILES string of the molecule is Cc1cc(C)c(C(=O)N(C)Cc2ncc[nH]2)c(=O)[nH]1. The smallest absolute Gasteiger partial charge is 0.261 e. The quantitative estimate of drug-likeness (QED) is 0.863. The Bertz CT molecular complexity index is 643. The van der Waals surface area contributed by atoms with E-state index in [0.29, 0.717) is 17.9 Å². The number of carbonyl (C=O) groups is 1. The molecule has 2 aromatic rings. The van der Waals surface area contributed by atoms with Gasteiger partial charge in [-0.1, -0.05) is 0 Å². The third-order valence-electron chi connectivity index (χ3n) is 2.87. The summed E-state index contributed by atoms with van der Waals surface area (Å²) in [6, 6.07) is 1.79. The Morgan fingerprint density at radius 2 is 2.16 bits per heavy atom. The van der Waals surface area contributed by atoms with Gasteiger partial charge in [-0.05, 0) is 25.5 Å². The van der Waals surface area contributed by atoms with Gasteiger partial charge in [0.1, 0.15) is 11.4 Å². The first-order valence-corrected chi connectivity index (χ1v) is 5.93. The second kappa shape index (κ2) is 5.09. The number of imidazole rings is 1. The topological polar surface area (TPSA) is 81.8 Å². The second-order valence-corrected chi connectivity index (χ2v) is 4.54. The molecule has 0 fully saturated rings. The Hall–Kier alpha value is -2.37. The van der Waals surface area contributed by atoms with Gasteiger partial charge in [0.25, 0.3) is 11.5 Å². The van der Waals surface area contributed by atoms with E-state index in [4.69, 9.17) is 0 Å². The van der Waals surface area contributed by atoms with E-state index in [1.807, 2.05) is 0 Å². The first kappa shape index (κ1) is 13.1. The molecule has 2 aromatic heterocycles. The van der Waals surface area contributed by atoms with E-state index in [1.165, 1.54) is 4.90 Å². The number of rotatable bonds is 3. The molecule has 0 aromatic carbocycles. The van der Waals surface area contributed by atoms with E-state index >= 15 is 0 Å². The summed E-state index contributed by atoms with van der Waals surface area (Å²) in [5.41, 5.74) is 1.25. The van der Waals surface area contributed by atoms with Crippen molar-refractivity contribution >= 4 is 5.91 Å². The summed E-state index contributed by atoms with van der Waals surface area (Å²) in [7, 11) is 1.64. The highest BCUT2D eigenvalue weighted by molar-refractivity contribution is 5.95. The van der Waals surface area contributed by atoms with Crippen LogP contribution < -0.4 is 5.56 Å². The molecule has 19 heavy (non-hydrogen) atoms. The monoisotopic (exact) mass is 260 g/mol. The third-order valence-corrected chi connectivity index (χ3v) is 2.87. The lowest BCUT2D eigenvalue weighted by atomic mass is 10.1. The zero-order chi connectivity index (χ0) is 14.0. The number of H-pyrrole nitrogens is 2. The van der Waals surface area contributed by atoms with Gasteiger partial charge >= 0.3 is 0 Å². The van der Waals surface area contributed by atoms with E-state index in [0.717, 1.165) is 5.69 Å². The average Bonchev–Trinajstić information content (AvgIpc) is 2.80. The molecule has 0 saturated carbocycles. The molecule has 0 bridgehead atoms. The number of amides is 1. The van der Waals surface area contributed by atoms with Crippen LogP contribution in [0.15, 0.2) is 23.3 Å². The largest absolute Gasteiger partial charge is 0.347 e. The van der Waals surface area contributed by atoms with Gasteiger partial charge in [0.2, 0.25) is 0 Å². The van der Waals surface area contributed by atoms with Gasteiger partial charge in [0, 0.05) is 25.1 Å². The lowest BCUT2D eigenvalue weighted by Crippen LogP contribution is -2.32. The first-order chi connectivity index (χ1) is 8.99. The minimum Gasteiger partial charge on any atom is -0.347 e. The fourth-order valence-electron chi connectivity index (χ4n) is 1.99. The van der Waals surface area contributed by atoms with Crippen molar-refractivity contribution in [1.82, 2.24) is 19.9 Å². The van der Waals surface area contributed by atoms with Gasteiger partial charge < -0.3 is 14.9 Å². The van der Waals surface area contributed by atoms with Crippen molar-refractivity contribution in [3.8, 4) is 0 Å². The molecular weight excluding hydrogens is 244 g/mol. The minimum absolute atomic E-state index is 0.180. The highest BCUT2D eigenvalue weighted by Gasteiger charge is 2.19. The Kier molecular flexibility index (Phi) is 3.50. The highest BCUT2D eigenvalue weighted by Crippen LogP contribution is 2.08. The van der Waals surface area contributed by atoms with Gasteiger partial charge in [0.05, 0.1) is 6.54 Å². The molecule has 2 rings (SSSR count). The van der Waals surface area contributed by atoms with Gasteiger partial charge in [0.15, 0.2) is 0 Å². The summed E-state index contributed by atoms with van der Waals surface area (Å²) in [6.45, 7) is 3.88. The molecular formula is C13H16N4O2. The van der Waals surface area contributed by atoms with Crippen LogP contribution >= 0.6 is 0 Å². The number of nitrogens with one attached hydrogen (secondary N) is 2. The van der Waals surface area contributed by atoms with Crippen LogP contribution in [0.5, 0.6) is 0 Å². The van der Waals surface area contributed by atoms with Crippen LogP contribution in [0.1, 0.15) is 27.4 Å². The lowest BCUT2D eigenvalue weighted by molar-refractivity contribution is 0.0779. The Labute approximate surface area is 110 Å². The van der Waals surface area contributed by atoms with Crippen molar-refractivity contribution in [2.45, 2.75) is 20.4 Å². The van der Waals surface area contributed by atoms with Crippen molar-refractivity contribution in [2.24, 2.45) is 0 Å². The molecule has 6 nitrogen and oxygen atoms in total. The van der Waals surface area contributed by atoms with E-state index in [9.17, 15) is 9.59 Å². The predicted octanol–water partition coefficient (Wildman–Crippen LogP) is 0.987. The maximum absolute atomic E-state index is 12.3. The molecule has 1 amide bonds. The molecule has 0 aliphatic rings. The van der Waals surface area contributed by atoms with Crippen LogP contribution in [-0.2, 0) is 6.54 Å². The summed E-state index contributed by atoms with van der Waals surface area (Å²) in [4.78, 5) is 35.3. The van der Waals surface area contributed by atoms with Gasteiger partial charge in [-0.2, -0.15) is 0 Å². The Morgan fingerprint density at radius 3 is 2.74 bits per heavy atom. The number of aromatic amines is 2. The molecule has 2 N–H and O–H groups in total. The zero-order valence-electron chi connectivity index (χ0n) is 11.2. The maximum Gasteiger partial charge on any atom is 0.261 e. The molecule has 0 unspecified atom stereocenters. The summed E-state index contributed by atoms with van der Waals surface area (Å²) in [6.07, 6.45) is 3.31. The fourth-order valence-corrected chi connectivity index (χ4v) is 1.99. The van der Waals surface area contributed by atoms with Gasteiger partial charge in [-0.25, -0.2) is 4.98 Å². The lowest BCUT2D eigenvalue weighted by Gasteiger charge is -2.16. The number of nitrogens with zero attached hydrogens (tertiary/aromatic N) is 2. The van der Waals surface area contributed by atoms with Crippen LogP contribution in [-0.4, -0.2) is 32.8 Å². The van der Waals surface area contributed by atoms with Crippen LogP contribution in [0.4, 0.5) is 0 Å². The summed E-state index contributed by atoms with van der Waals surface area (Å²) < 4.78 is 0. The van der Waals surface area contributed by atoms with Crippen LogP contribution in [0, 0.1) is 13.8 Å². The van der Waals surface area contributed by atoms with Crippen LogP contribution in [0.2, 0.25) is 0 Å². The van der Waals surface area contributed by atoms with E-state index < -0.39 is 0 Å². The number of carbonyl (C=O) groups excluding carboxylic acids is 1. The number of pyridine rings is 1. The number of aryl methyl sites for hydroxylation is 2. The standard InChI is InChI=1S/C13H16N4O2/c1-8-6-9(2)16-12(18)11(8)13(19)17(3)7-10-14-4-5-15-10/h4-6H,7H2,1-3H3,(H,14,15)(H,16,18). The van der Waals surface area contributed by atoms with E-state index in [1.54, 1.807) is 39.4 Å². The van der Waals surface area contributed by atoms with Crippen LogP contribution in [0.25, 0.3) is 0 Å². The number of hydrogen-bond donors (Lipinski definition) is 2. The summed E-state index contributed by atoms with van der Waals surface area (Å²) >= 11 is 0.